The number of benzene rings is 2. The fourth-order valence-electron chi connectivity index (χ4n) is 6.03. The fourth-order valence-corrected chi connectivity index (χ4v) is 6.03. The van der Waals surface area contributed by atoms with E-state index in [9.17, 15) is 14.7 Å². The van der Waals surface area contributed by atoms with E-state index in [0.717, 1.165) is 11.3 Å². The largest absolute Gasteiger partial charge is 0.507 e. The monoisotopic (exact) mass is 542 g/mol. The summed E-state index contributed by atoms with van der Waals surface area (Å²) in [6.45, 7) is 6.33. The quantitative estimate of drug-likeness (QED) is 0.433. The van der Waals surface area contributed by atoms with Crippen LogP contribution in [0.4, 0.5) is 11.5 Å². The van der Waals surface area contributed by atoms with Crippen molar-refractivity contribution in [2.75, 3.05) is 36.8 Å². The Morgan fingerprint density at radius 3 is 2.27 bits per heavy atom. The second-order valence-electron chi connectivity index (χ2n) is 11.2. The average molecular weight is 543 g/mol. The molecule has 9 heteroatoms. The van der Waals surface area contributed by atoms with E-state index in [-0.39, 0.29) is 29.5 Å². The summed E-state index contributed by atoms with van der Waals surface area (Å²) in [7, 11) is 0. The fraction of sp³-hybridized carbons (Fsp3) is 0.419. The molecule has 2 aliphatic rings. The third-order valence-corrected chi connectivity index (χ3v) is 8.26. The predicted molar refractivity (Wildman–Crippen MR) is 156 cm³/mol. The molecule has 0 bridgehead atoms. The van der Waals surface area contributed by atoms with E-state index in [1.165, 1.54) is 0 Å². The van der Waals surface area contributed by atoms with Crippen molar-refractivity contribution >= 4 is 23.3 Å². The van der Waals surface area contributed by atoms with E-state index >= 15 is 0 Å². The molecule has 4 N–H and O–H groups in total. The van der Waals surface area contributed by atoms with Gasteiger partial charge in [-0.25, -0.2) is 0 Å². The van der Waals surface area contributed by atoms with Gasteiger partial charge in [0.05, 0.1) is 16.8 Å². The summed E-state index contributed by atoms with van der Waals surface area (Å²) < 4.78 is 0. The van der Waals surface area contributed by atoms with Gasteiger partial charge in [-0.2, -0.15) is 0 Å². The van der Waals surface area contributed by atoms with E-state index in [0.29, 0.717) is 68.9 Å². The van der Waals surface area contributed by atoms with Gasteiger partial charge >= 0.3 is 0 Å². The van der Waals surface area contributed by atoms with E-state index in [1.807, 2.05) is 49.1 Å². The van der Waals surface area contributed by atoms with E-state index in [1.54, 1.807) is 18.2 Å². The lowest BCUT2D eigenvalue weighted by Gasteiger charge is -2.45. The second kappa shape index (κ2) is 11.5. The van der Waals surface area contributed by atoms with Crippen molar-refractivity contribution in [2.24, 2.45) is 5.92 Å². The van der Waals surface area contributed by atoms with Gasteiger partial charge in [-0.3, -0.25) is 9.59 Å². The van der Waals surface area contributed by atoms with Crippen LogP contribution >= 0.6 is 0 Å². The van der Waals surface area contributed by atoms with Crippen molar-refractivity contribution < 1.29 is 14.7 Å². The number of aromatic hydroxyl groups is 1. The van der Waals surface area contributed by atoms with Crippen LogP contribution in [0.5, 0.6) is 5.75 Å². The van der Waals surface area contributed by atoms with Crippen molar-refractivity contribution in [1.82, 2.24) is 20.4 Å². The molecule has 1 aromatic heterocycles. The van der Waals surface area contributed by atoms with Crippen LogP contribution in [0.2, 0.25) is 0 Å². The molecule has 2 amide bonds. The number of carbonyl (C=O) groups excluding carboxylic acids is 2. The molecule has 2 aliphatic heterocycles. The molecule has 0 radical (unpaired) electrons. The second-order valence-corrected chi connectivity index (χ2v) is 11.2. The normalized spacial score (nSPS) is 17.6. The highest BCUT2D eigenvalue weighted by Gasteiger charge is 2.46. The average Bonchev–Trinajstić information content (AvgIpc) is 2.98. The molecule has 0 spiro atoms. The third kappa shape index (κ3) is 5.46. The van der Waals surface area contributed by atoms with Crippen LogP contribution in [0.15, 0.2) is 60.7 Å². The van der Waals surface area contributed by atoms with Crippen molar-refractivity contribution in [3.05, 3.63) is 66.2 Å². The number of para-hydroxylation sites is 1. The lowest BCUT2D eigenvalue weighted by atomic mass is 9.71. The molecule has 3 aromatic rings. The summed E-state index contributed by atoms with van der Waals surface area (Å²) in [6, 6.07) is 19.0. The lowest BCUT2D eigenvalue weighted by molar-refractivity contribution is -0.141. The van der Waals surface area contributed by atoms with Gasteiger partial charge < -0.3 is 26.0 Å². The molecule has 2 saturated heterocycles. The number of nitrogens with one attached hydrogen (secondary N) is 1. The summed E-state index contributed by atoms with van der Waals surface area (Å²) in [5, 5.41) is 21.7. The number of piperidine rings is 2. The molecule has 0 unspecified atom stereocenters. The molecular formula is C31H38N6O3. The Kier molecular flexibility index (Phi) is 7.91. The first-order chi connectivity index (χ1) is 19.3. The first-order valence-electron chi connectivity index (χ1n) is 14.1. The number of nitrogen functional groups attached to an aromatic ring is 1. The van der Waals surface area contributed by atoms with E-state index in [2.05, 4.69) is 32.5 Å². The molecule has 0 aliphatic carbocycles. The van der Waals surface area contributed by atoms with Gasteiger partial charge in [-0.1, -0.05) is 42.5 Å². The molecule has 5 rings (SSSR count). The topological polar surface area (TPSA) is 125 Å². The molecule has 40 heavy (non-hydrogen) atoms. The Morgan fingerprint density at radius 2 is 1.62 bits per heavy atom. The van der Waals surface area contributed by atoms with Crippen molar-refractivity contribution in [1.29, 1.82) is 0 Å². The highest BCUT2D eigenvalue weighted by atomic mass is 16.3. The van der Waals surface area contributed by atoms with Crippen LogP contribution in [0.1, 0.15) is 45.1 Å². The number of carbonyl (C=O) groups is 2. The number of amides is 2. The smallest absolute Gasteiger partial charge is 0.233 e. The van der Waals surface area contributed by atoms with Gasteiger partial charge in [0, 0.05) is 43.7 Å². The van der Waals surface area contributed by atoms with E-state index < -0.39 is 5.41 Å². The summed E-state index contributed by atoms with van der Waals surface area (Å²) in [6.07, 6.45) is 2.60. The zero-order valence-corrected chi connectivity index (χ0v) is 23.2. The Balaban J connectivity index is 1.35. The SMILES string of the molecule is CC(C)NC(=O)C1CCN(C(=O)C2(c3ccccc3)CCN(c3cc(-c4ccccc4O)nnc3N)CC2)CC1. The number of phenolic OH excluding ortho intramolecular Hbond substituents is 1. The zero-order valence-electron chi connectivity index (χ0n) is 23.2. The first-order valence-corrected chi connectivity index (χ1v) is 14.1. The van der Waals surface area contributed by atoms with Gasteiger partial charge in [-0.15, -0.1) is 10.2 Å². The maximum absolute atomic E-state index is 14.2. The zero-order chi connectivity index (χ0) is 28.3. The van der Waals surface area contributed by atoms with E-state index in [4.69, 9.17) is 5.73 Å². The minimum absolute atomic E-state index is 0.0543. The Bertz CT molecular complexity index is 1350. The highest BCUT2D eigenvalue weighted by Crippen LogP contribution is 2.41. The predicted octanol–water partition coefficient (Wildman–Crippen LogP) is 3.73. The summed E-state index contributed by atoms with van der Waals surface area (Å²) in [4.78, 5) is 30.9. The van der Waals surface area contributed by atoms with Crippen LogP contribution in [0.3, 0.4) is 0 Å². The number of nitrogens with two attached hydrogens (primary N) is 1. The number of anilines is 2. The maximum Gasteiger partial charge on any atom is 0.233 e. The van der Waals surface area contributed by atoms with Crippen molar-refractivity contribution in [3.63, 3.8) is 0 Å². The first kappa shape index (κ1) is 27.4. The minimum atomic E-state index is -0.652. The molecule has 0 saturated carbocycles. The number of hydrogen-bond acceptors (Lipinski definition) is 7. The number of aromatic nitrogens is 2. The molecule has 3 heterocycles. The van der Waals surface area contributed by atoms with Crippen LogP contribution in [0, 0.1) is 5.92 Å². The summed E-state index contributed by atoms with van der Waals surface area (Å²) in [5.74, 6) is 0.614. The Morgan fingerprint density at radius 1 is 0.975 bits per heavy atom. The van der Waals surface area contributed by atoms with Gasteiger partial charge in [0.25, 0.3) is 0 Å². The number of phenols is 1. The number of likely N-dealkylation sites (tertiary alicyclic amines) is 1. The van der Waals surface area contributed by atoms with Crippen molar-refractivity contribution in [2.45, 2.75) is 51.0 Å². The Labute approximate surface area is 235 Å². The van der Waals surface area contributed by atoms with Gasteiger partial charge in [0.15, 0.2) is 5.82 Å². The van der Waals surface area contributed by atoms with Crippen LogP contribution in [-0.2, 0) is 15.0 Å². The molecule has 9 nitrogen and oxygen atoms in total. The number of nitrogens with zero attached hydrogens (tertiary/aromatic N) is 4. The molecule has 2 aromatic carbocycles. The number of rotatable bonds is 6. The molecule has 2 fully saturated rings. The van der Waals surface area contributed by atoms with Crippen LogP contribution < -0.4 is 16.0 Å². The van der Waals surface area contributed by atoms with Crippen molar-refractivity contribution in [3.8, 4) is 17.0 Å². The third-order valence-electron chi connectivity index (χ3n) is 8.26. The highest BCUT2D eigenvalue weighted by molar-refractivity contribution is 5.89. The van der Waals surface area contributed by atoms with Crippen LogP contribution in [-0.4, -0.2) is 64.2 Å². The standard InChI is InChI=1S/C31H38N6O3/c1-21(2)33-29(39)22-12-16-37(17-13-22)30(40)31(23-8-4-3-5-9-23)14-18-36(19-15-31)26-20-25(34-35-28(26)32)24-10-6-7-11-27(24)38/h3-11,20-22,38H,12-19H2,1-2H3,(H2,32,35)(H,33,39). The maximum atomic E-state index is 14.2. The van der Waals surface area contributed by atoms with Crippen LogP contribution in [0.25, 0.3) is 11.3 Å². The Hall–Kier alpha value is -4.14. The van der Waals surface area contributed by atoms with Gasteiger partial charge in [0.2, 0.25) is 11.8 Å². The molecule has 0 atom stereocenters. The minimum Gasteiger partial charge on any atom is -0.507 e. The van der Waals surface area contributed by atoms with Gasteiger partial charge in [0.1, 0.15) is 5.75 Å². The van der Waals surface area contributed by atoms with Gasteiger partial charge in [-0.05, 0) is 63.3 Å². The lowest BCUT2D eigenvalue weighted by Crippen LogP contribution is -2.55. The number of hydrogen-bond donors (Lipinski definition) is 3. The summed E-state index contributed by atoms with van der Waals surface area (Å²) in [5.41, 5.74) is 8.53. The molecule has 210 valence electrons. The summed E-state index contributed by atoms with van der Waals surface area (Å²) >= 11 is 0. The molecular weight excluding hydrogens is 504 g/mol.